The van der Waals surface area contributed by atoms with Gasteiger partial charge in [-0.05, 0) is 35.4 Å². The predicted octanol–water partition coefficient (Wildman–Crippen LogP) is 4.55. The minimum Gasteiger partial charge on any atom is -0.449 e. The van der Waals surface area contributed by atoms with Crippen LogP contribution in [-0.2, 0) is 32.2 Å². The minimum absolute atomic E-state index is 0.0139. The summed E-state index contributed by atoms with van der Waals surface area (Å²) in [7, 11) is 0. The number of benzene rings is 4. The minimum atomic E-state index is -1.97. The number of carbonyl (C=O) groups excluding carboxylic acids is 2. The lowest BCUT2D eigenvalue weighted by atomic mass is 10.1. The van der Waals surface area contributed by atoms with Gasteiger partial charge in [-0.15, -0.1) is 0 Å². The lowest BCUT2D eigenvalue weighted by molar-refractivity contribution is -0.202. The van der Waals surface area contributed by atoms with E-state index in [0.29, 0.717) is 0 Å². The van der Waals surface area contributed by atoms with Crippen molar-refractivity contribution in [1.82, 2.24) is 0 Å². The molecule has 4 aromatic carbocycles. The number of hydrogen-bond acceptors (Lipinski definition) is 8. The largest absolute Gasteiger partial charge is 0.449 e. The number of rotatable bonds is 14. The van der Waals surface area contributed by atoms with Crippen LogP contribution in [0.25, 0.3) is 0 Å². The highest BCUT2D eigenvalue weighted by Gasteiger charge is 2.40. The van der Waals surface area contributed by atoms with E-state index in [1.165, 1.54) is 12.1 Å². The molecule has 0 saturated carbocycles. The maximum absolute atomic E-state index is 13.1. The Labute approximate surface area is 238 Å². The highest BCUT2D eigenvalue weighted by atomic mass is 16.7. The summed E-state index contributed by atoms with van der Waals surface area (Å²) in [4.78, 5) is 25.8. The molecule has 0 amide bonds. The molecule has 0 fully saturated rings. The van der Waals surface area contributed by atoms with E-state index in [0.717, 1.165) is 11.1 Å². The first-order valence-corrected chi connectivity index (χ1v) is 13.2. The van der Waals surface area contributed by atoms with Crippen molar-refractivity contribution < 1.29 is 38.7 Å². The van der Waals surface area contributed by atoms with Crippen molar-refractivity contribution in [2.45, 2.75) is 37.8 Å². The van der Waals surface area contributed by atoms with E-state index in [4.69, 9.17) is 18.9 Å². The molecule has 4 rings (SSSR count). The van der Waals surface area contributed by atoms with E-state index >= 15 is 0 Å². The molecule has 0 spiro atoms. The number of hydrogen-bond donors (Lipinski definition) is 2. The van der Waals surface area contributed by atoms with Crippen LogP contribution in [0.2, 0.25) is 0 Å². The Bertz CT molecular complexity index is 1330. The molecule has 0 aromatic heterocycles. The molecule has 8 heteroatoms. The van der Waals surface area contributed by atoms with Crippen molar-refractivity contribution in [3.63, 3.8) is 0 Å². The second-order valence-electron chi connectivity index (χ2n) is 9.23. The Kier molecular flexibility index (Phi) is 11.2. The van der Waals surface area contributed by atoms with Crippen molar-refractivity contribution in [1.29, 1.82) is 0 Å². The third kappa shape index (κ3) is 9.09. The number of esters is 2. The SMILES string of the molecule is O=C(OC([C@@H](OCc1ccccc1)C(O)COCc1ccccc1)[C@H](O)OC(=O)c1ccccc1)c1ccccc1. The number of carbonyl (C=O) groups is 2. The fraction of sp³-hybridized carbons (Fsp3) is 0.212. The molecular weight excluding hydrogens is 524 g/mol. The van der Waals surface area contributed by atoms with E-state index < -0.39 is 36.5 Å². The summed E-state index contributed by atoms with van der Waals surface area (Å²) in [6, 6.07) is 34.8. The van der Waals surface area contributed by atoms with Crippen LogP contribution in [0.4, 0.5) is 0 Å². The first-order valence-electron chi connectivity index (χ1n) is 13.2. The van der Waals surface area contributed by atoms with Crippen LogP contribution in [0.15, 0.2) is 121 Å². The van der Waals surface area contributed by atoms with Crippen molar-refractivity contribution in [3.05, 3.63) is 144 Å². The summed E-state index contributed by atoms with van der Waals surface area (Å²) in [5.74, 6) is -1.63. The van der Waals surface area contributed by atoms with Crippen LogP contribution < -0.4 is 0 Å². The standard InChI is InChI=1S/C33H32O8/c34-28(23-38-21-24-13-5-1-6-14-24)29(39-22-25-15-7-2-8-16-25)30(40-31(35)26-17-9-3-10-18-26)33(37)41-32(36)27-19-11-4-12-20-27/h1-20,28-30,33-34,37H,21-23H2/t28?,29-,30?,33+/m0/s1. The van der Waals surface area contributed by atoms with E-state index in [1.807, 2.05) is 60.7 Å². The molecule has 2 unspecified atom stereocenters. The molecule has 2 N–H and O–H groups in total. The van der Waals surface area contributed by atoms with Crippen LogP contribution in [0.3, 0.4) is 0 Å². The first-order chi connectivity index (χ1) is 20.0. The smallest absolute Gasteiger partial charge is 0.340 e. The van der Waals surface area contributed by atoms with Gasteiger partial charge in [0.15, 0.2) is 6.10 Å². The molecule has 4 atom stereocenters. The molecule has 0 heterocycles. The average molecular weight is 557 g/mol. The Morgan fingerprint density at radius 1 is 0.561 bits per heavy atom. The lowest BCUT2D eigenvalue weighted by Gasteiger charge is -2.33. The zero-order valence-corrected chi connectivity index (χ0v) is 22.3. The van der Waals surface area contributed by atoms with Gasteiger partial charge in [-0.3, -0.25) is 0 Å². The number of ether oxygens (including phenoxy) is 4. The van der Waals surface area contributed by atoms with Crippen molar-refractivity contribution in [2.24, 2.45) is 0 Å². The summed E-state index contributed by atoms with van der Waals surface area (Å²) < 4.78 is 22.7. The van der Waals surface area contributed by atoms with Crippen LogP contribution >= 0.6 is 0 Å². The van der Waals surface area contributed by atoms with Gasteiger partial charge in [0.2, 0.25) is 6.29 Å². The lowest BCUT2D eigenvalue weighted by Crippen LogP contribution is -2.51. The van der Waals surface area contributed by atoms with E-state index in [1.54, 1.807) is 48.5 Å². The monoisotopic (exact) mass is 556 g/mol. The molecule has 41 heavy (non-hydrogen) atoms. The third-order valence-electron chi connectivity index (χ3n) is 6.16. The molecule has 0 aliphatic carbocycles. The van der Waals surface area contributed by atoms with Gasteiger partial charge in [0, 0.05) is 0 Å². The average Bonchev–Trinajstić information content (AvgIpc) is 3.02. The molecule has 0 aliphatic heterocycles. The molecule has 0 saturated heterocycles. The molecule has 212 valence electrons. The van der Waals surface area contributed by atoms with Gasteiger partial charge in [-0.2, -0.15) is 0 Å². The van der Waals surface area contributed by atoms with Gasteiger partial charge >= 0.3 is 11.9 Å². The van der Waals surface area contributed by atoms with Gasteiger partial charge in [0.25, 0.3) is 0 Å². The van der Waals surface area contributed by atoms with E-state index in [2.05, 4.69) is 0 Å². The Hall–Kier alpha value is -4.34. The summed E-state index contributed by atoms with van der Waals surface area (Å²) in [5.41, 5.74) is 2.06. The topological polar surface area (TPSA) is 112 Å². The quantitative estimate of drug-likeness (QED) is 0.172. The molecular formula is C33H32O8. The van der Waals surface area contributed by atoms with Gasteiger partial charge < -0.3 is 29.2 Å². The maximum atomic E-state index is 13.1. The van der Waals surface area contributed by atoms with Gasteiger partial charge in [-0.1, -0.05) is 97.1 Å². The first kappa shape index (κ1) is 29.6. The summed E-state index contributed by atoms with van der Waals surface area (Å²) in [5, 5.41) is 22.3. The van der Waals surface area contributed by atoms with Crippen LogP contribution in [0.5, 0.6) is 0 Å². The highest BCUT2D eigenvalue weighted by molar-refractivity contribution is 5.90. The number of aliphatic hydroxyl groups is 2. The zero-order chi connectivity index (χ0) is 28.9. The molecule has 4 aromatic rings. The summed E-state index contributed by atoms with van der Waals surface area (Å²) in [6.07, 6.45) is -6.28. The maximum Gasteiger partial charge on any atom is 0.340 e. The molecule has 8 nitrogen and oxygen atoms in total. The summed E-state index contributed by atoms with van der Waals surface area (Å²) >= 11 is 0. The Morgan fingerprint density at radius 2 is 1.00 bits per heavy atom. The second kappa shape index (κ2) is 15.4. The predicted molar refractivity (Wildman–Crippen MR) is 151 cm³/mol. The van der Waals surface area contributed by atoms with Gasteiger partial charge in [0.05, 0.1) is 30.9 Å². The normalized spacial score (nSPS) is 13.9. The van der Waals surface area contributed by atoms with Crippen molar-refractivity contribution in [2.75, 3.05) is 6.61 Å². The number of aliphatic hydroxyl groups excluding tert-OH is 2. The molecule has 0 aliphatic rings. The fourth-order valence-corrected chi connectivity index (χ4v) is 4.03. The highest BCUT2D eigenvalue weighted by Crippen LogP contribution is 2.20. The second-order valence-corrected chi connectivity index (χ2v) is 9.23. The van der Waals surface area contributed by atoms with Crippen LogP contribution in [0, 0.1) is 0 Å². The van der Waals surface area contributed by atoms with Crippen LogP contribution in [-0.4, -0.2) is 53.4 Å². The third-order valence-corrected chi connectivity index (χ3v) is 6.16. The molecule has 0 radical (unpaired) electrons. The Morgan fingerprint density at radius 3 is 1.51 bits per heavy atom. The fourth-order valence-electron chi connectivity index (χ4n) is 4.03. The van der Waals surface area contributed by atoms with E-state index in [9.17, 15) is 19.8 Å². The Balaban J connectivity index is 1.57. The zero-order valence-electron chi connectivity index (χ0n) is 22.3. The van der Waals surface area contributed by atoms with Crippen molar-refractivity contribution >= 4 is 11.9 Å². The van der Waals surface area contributed by atoms with Crippen molar-refractivity contribution in [3.8, 4) is 0 Å². The summed E-state index contributed by atoms with van der Waals surface area (Å²) in [6.45, 7) is 0.0103. The van der Waals surface area contributed by atoms with Gasteiger partial charge in [0.1, 0.15) is 12.2 Å². The van der Waals surface area contributed by atoms with E-state index in [-0.39, 0.29) is 30.9 Å². The van der Waals surface area contributed by atoms with Crippen LogP contribution in [0.1, 0.15) is 31.8 Å². The van der Waals surface area contributed by atoms with Gasteiger partial charge in [-0.25, -0.2) is 9.59 Å². The molecule has 0 bridgehead atoms.